The lowest BCUT2D eigenvalue weighted by atomic mass is 9.93. The van der Waals surface area contributed by atoms with Crippen molar-refractivity contribution in [2.24, 2.45) is 7.05 Å². The first kappa shape index (κ1) is 15.8. The summed E-state index contributed by atoms with van der Waals surface area (Å²) in [5.74, 6) is 1.78. The molecule has 0 bridgehead atoms. The van der Waals surface area contributed by atoms with Crippen molar-refractivity contribution >= 4 is 0 Å². The van der Waals surface area contributed by atoms with Crippen molar-refractivity contribution in [1.82, 2.24) is 14.9 Å². The fraction of sp³-hybridized carbons (Fsp3) is 0.500. The first-order valence-electron chi connectivity index (χ1n) is 8.03. The van der Waals surface area contributed by atoms with Crippen LogP contribution in [0.2, 0.25) is 0 Å². The lowest BCUT2D eigenvalue weighted by Crippen LogP contribution is -2.22. The number of nitrogens with one attached hydrogen (secondary N) is 1. The van der Waals surface area contributed by atoms with Gasteiger partial charge in [0.1, 0.15) is 5.82 Å². The van der Waals surface area contributed by atoms with Gasteiger partial charge in [0.2, 0.25) is 0 Å². The monoisotopic (exact) mass is 285 g/mol. The molecule has 1 atom stereocenters. The second-order valence-corrected chi connectivity index (χ2v) is 5.66. The molecule has 21 heavy (non-hydrogen) atoms. The molecule has 1 aromatic heterocycles. The highest BCUT2D eigenvalue weighted by molar-refractivity contribution is 5.19. The van der Waals surface area contributed by atoms with Crippen LogP contribution in [0.15, 0.2) is 42.7 Å². The Morgan fingerprint density at radius 2 is 2.05 bits per heavy atom. The van der Waals surface area contributed by atoms with Crippen LogP contribution in [-0.4, -0.2) is 22.6 Å². The van der Waals surface area contributed by atoms with Crippen LogP contribution in [0.4, 0.5) is 0 Å². The maximum atomic E-state index is 4.41. The number of benzene rings is 1. The molecular weight excluding hydrogens is 258 g/mol. The predicted octanol–water partition coefficient (Wildman–Crippen LogP) is 3.53. The summed E-state index contributed by atoms with van der Waals surface area (Å²) in [6.45, 7) is 4.38. The van der Waals surface area contributed by atoms with Gasteiger partial charge >= 0.3 is 0 Å². The van der Waals surface area contributed by atoms with Crippen molar-refractivity contribution in [2.45, 2.75) is 38.5 Å². The van der Waals surface area contributed by atoms with E-state index in [1.807, 2.05) is 12.4 Å². The van der Waals surface area contributed by atoms with E-state index < -0.39 is 0 Å². The average Bonchev–Trinajstić information content (AvgIpc) is 2.92. The molecule has 3 nitrogen and oxygen atoms in total. The summed E-state index contributed by atoms with van der Waals surface area (Å²) >= 11 is 0. The Hall–Kier alpha value is -1.61. The van der Waals surface area contributed by atoms with Crippen LogP contribution >= 0.6 is 0 Å². The highest BCUT2D eigenvalue weighted by atomic mass is 15.0. The molecule has 0 radical (unpaired) electrons. The second-order valence-electron chi connectivity index (χ2n) is 5.66. The first-order chi connectivity index (χ1) is 10.3. The molecule has 2 rings (SSSR count). The number of imidazole rings is 1. The van der Waals surface area contributed by atoms with Crippen molar-refractivity contribution in [1.29, 1.82) is 0 Å². The van der Waals surface area contributed by atoms with Gasteiger partial charge < -0.3 is 9.88 Å². The zero-order valence-electron chi connectivity index (χ0n) is 13.3. The minimum Gasteiger partial charge on any atom is -0.338 e. The van der Waals surface area contributed by atoms with Crippen molar-refractivity contribution < 1.29 is 0 Å². The van der Waals surface area contributed by atoms with Crippen LogP contribution < -0.4 is 5.32 Å². The number of hydrogen-bond donors (Lipinski definition) is 1. The second kappa shape index (κ2) is 8.63. The fourth-order valence-corrected chi connectivity index (χ4v) is 2.71. The van der Waals surface area contributed by atoms with E-state index in [4.69, 9.17) is 0 Å². The normalized spacial score (nSPS) is 12.5. The third kappa shape index (κ3) is 5.01. The van der Waals surface area contributed by atoms with E-state index in [9.17, 15) is 0 Å². The third-order valence-electron chi connectivity index (χ3n) is 3.96. The van der Waals surface area contributed by atoms with Gasteiger partial charge in [-0.1, -0.05) is 37.3 Å². The Bertz CT molecular complexity index is 504. The van der Waals surface area contributed by atoms with E-state index in [0.717, 1.165) is 19.5 Å². The lowest BCUT2D eigenvalue weighted by Gasteiger charge is -2.18. The molecule has 1 aromatic carbocycles. The molecule has 0 saturated carbocycles. The van der Waals surface area contributed by atoms with Crippen LogP contribution in [0.3, 0.4) is 0 Å². The van der Waals surface area contributed by atoms with Crippen molar-refractivity contribution in [3.05, 3.63) is 54.1 Å². The lowest BCUT2D eigenvalue weighted by molar-refractivity contribution is 0.526. The molecule has 0 amide bonds. The number of aromatic nitrogens is 2. The van der Waals surface area contributed by atoms with E-state index in [-0.39, 0.29) is 0 Å². The number of hydrogen-bond acceptors (Lipinski definition) is 2. The molecule has 0 aliphatic carbocycles. The van der Waals surface area contributed by atoms with E-state index in [0.29, 0.717) is 5.92 Å². The maximum absolute atomic E-state index is 4.41. The molecule has 1 heterocycles. The van der Waals surface area contributed by atoms with Crippen LogP contribution in [0.5, 0.6) is 0 Å². The molecule has 1 unspecified atom stereocenters. The molecular formula is C18H27N3. The summed E-state index contributed by atoms with van der Waals surface area (Å²) in [6.07, 6.45) is 8.53. The molecule has 0 aliphatic rings. The van der Waals surface area contributed by atoms with Gasteiger partial charge in [-0.25, -0.2) is 4.98 Å². The number of nitrogens with zero attached hydrogens (tertiary/aromatic N) is 2. The van der Waals surface area contributed by atoms with Crippen molar-refractivity contribution in [3.8, 4) is 0 Å². The maximum Gasteiger partial charge on any atom is 0.108 e. The molecule has 3 heteroatoms. The highest BCUT2D eigenvalue weighted by Gasteiger charge is 2.11. The number of rotatable bonds is 9. The van der Waals surface area contributed by atoms with E-state index in [1.54, 1.807) is 0 Å². The van der Waals surface area contributed by atoms with Crippen molar-refractivity contribution in [2.75, 3.05) is 13.1 Å². The Kier molecular flexibility index (Phi) is 6.48. The standard InChI is InChI=1S/C18H27N3/c1-3-12-19-15-17(16-8-5-4-6-9-16)10-7-11-18-20-13-14-21(18)2/h4-6,8-9,13-14,17,19H,3,7,10-12,15H2,1-2H3. The topological polar surface area (TPSA) is 29.9 Å². The minimum atomic E-state index is 0.595. The quantitative estimate of drug-likeness (QED) is 0.714. The summed E-state index contributed by atoms with van der Waals surface area (Å²) in [7, 11) is 2.07. The summed E-state index contributed by atoms with van der Waals surface area (Å²) in [5.41, 5.74) is 1.45. The van der Waals surface area contributed by atoms with Gasteiger partial charge in [0, 0.05) is 32.4 Å². The third-order valence-corrected chi connectivity index (χ3v) is 3.96. The van der Waals surface area contributed by atoms with Gasteiger partial charge in [0.05, 0.1) is 0 Å². The smallest absolute Gasteiger partial charge is 0.108 e. The van der Waals surface area contributed by atoms with E-state index in [2.05, 4.69) is 59.2 Å². The van der Waals surface area contributed by atoms with Crippen LogP contribution in [0, 0.1) is 0 Å². The van der Waals surface area contributed by atoms with Gasteiger partial charge in [-0.05, 0) is 37.3 Å². The van der Waals surface area contributed by atoms with Crippen LogP contribution in [-0.2, 0) is 13.5 Å². The van der Waals surface area contributed by atoms with E-state index >= 15 is 0 Å². The van der Waals surface area contributed by atoms with Gasteiger partial charge in [-0.15, -0.1) is 0 Å². The Morgan fingerprint density at radius 1 is 1.24 bits per heavy atom. The highest BCUT2D eigenvalue weighted by Crippen LogP contribution is 2.21. The van der Waals surface area contributed by atoms with Crippen LogP contribution in [0.1, 0.15) is 43.5 Å². The first-order valence-corrected chi connectivity index (χ1v) is 8.03. The summed E-state index contributed by atoms with van der Waals surface area (Å²) < 4.78 is 2.12. The van der Waals surface area contributed by atoms with Gasteiger partial charge in [-0.3, -0.25) is 0 Å². The Labute approximate surface area is 128 Å². The summed E-state index contributed by atoms with van der Waals surface area (Å²) in [4.78, 5) is 4.41. The SMILES string of the molecule is CCCNCC(CCCc1nccn1C)c1ccccc1. The molecule has 0 fully saturated rings. The molecule has 0 saturated heterocycles. The predicted molar refractivity (Wildman–Crippen MR) is 88.5 cm³/mol. The molecule has 114 valence electrons. The molecule has 1 N–H and O–H groups in total. The Balaban J connectivity index is 1.88. The van der Waals surface area contributed by atoms with Crippen molar-refractivity contribution in [3.63, 3.8) is 0 Å². The van der Waals surface area contributed by atoms with Gasteiger partial charge in [0.15, 0.2) is 0 Å². The molecule has 0 aliphatic heterocycles. The molecule has 2 aromatic rings. The minimum absolute atomic E-state index is 0.595. The summed E-state index contributed by atoms with van der Waals surface area (Å²) in [6, 6.07) is 10.9. The Morgan fingerprint density at radius 3 is 2.71 bits per heavy atom. The zero-order valence-corrected chi connectivity index (χ0v) is 13.3. The van der Waals surface area contributed by atoms with Gasteiger partial charge in [-0.2, -0.15) is 0 Å². The van der Waals surface area contributed by atoms with Crippen LogP contribution in [0.25, 0.3) is 0 Å². The number of aryl methyl sites for hydroxylation is 2. The largest absolute Gasteiger partial charge is 0.338 e. The average molecular weight is 285 g/mol. The van der Waals surface area contributed by atoms with E-state index in [1.165, 1.54) is 30.7 Å². The van der Waals surface area contributed by atoms with Gasteiger partial charge in [0.25, 0.3) is 0 Å². The summed E-state index contributed by atoms with van der Waals surface area (Å²) in [5, 5.41) is 3.57. The fourth-order valence-electron chi connectivity index (χ4n) is 2.71. The molecule has 0 spiro atoms. The zero-order chi connectivity index (χ0) is 14.9.